The highest BCUT2D eigenvalue weighted by Crippen LogP contribution is 2.28. The third kappa shape index (κ3) is 12.6. The fraction of sp³-hybridized carbons (Fsp3) is 0.500. The maximum atomic E-state index is 14.6. The van der Waals surface area contributed by atoms with Gasteiger partial charge in [-0.25, -0.2) is 14.6 Å². The monoisotopic (exact) mass is 789 g/mol. The highest BCUT2D eigenvalue weighted by Gasteiger charge is 2.43. The predicted octanol–water partition coefficient (Wildman–Crippen LogP) is 3.53. The van der Waals surface area contributed by atoms with Crippen LogP contribution >= 0.6 is 0 Å². The first kappa shape index (κ1) is 44.5. The number of methoxy groups -OCH3 is 2. The van der Waals surface area contributed by atoms with Crippen LogP contribution in [-0.4, -0.2) is 101 Å². The largest absolute Gasteiger partial charge is 0.497 e. The summed E-state index contributed by atoms with van der Waals surface area (Å²) < 4.78 is 10.1. The summed E-state index contributed by atoms with van der Waals surface area (Å²) >= 11 is 0. The zero-order valence-electron chi connectivity index (χ0n) is 34.0. The van der Waals surface area contributed by atoms with E-state index in [2.05, 4.69) is 26.4 Å². The van der Waals surface area contributed by atoms with Gasteiger partial charge in [-0.3, -0.25) is 20.0 Å². The number of aliphatic hydroxyl groups excluding tert-OH is 2. The number of ether oxygens (including phenoxy) is 2. The number of nitrogens with zero attached hydrogens (tertiary/aromatic N) is 3. The minimum Gasteiger partial charge on any atom is -0.497 e. The van der Waals surface area contributed by atoms with Crippen molar-refractivity contribution in [2.24, 2.45) is 17.3 Å². The van der Waals surface area contributed by atoms with Gasteiger partial charge in [-0.1, -0.05) is 89.6 Å². The Kier molecular flexibility index (Phi) is 16.2. The minimum absolute atomic E-state index is 0.110. The topological polar surface area (TPSA) is 195 Å². The number of aliphatic hydroxyl groups is 2. The Labute approximate surface area is 335 Å². The summed E-state index contributed by atoms with van der Waals surface area (Å²) in [6.07, 6.45) is -1.06. The fourth-order valence-electron chi connectivity index (χ4n) is 6.97. The molecule has 3 aromatic rings. The first-order valence-corrected chi connectivity index (χ1v) is 19.3. The summed E-state index contributed by atoms with van der Waals surface area (Å²) in [6, 6.07) is 19.3. The van der Waals surface area contributed by atoms with E-state index in [4.69, 9.17) is 9.47 Å². The van der Waals surface area contributed by atoms with Crippen molar-refractivity contribution >= 4 is 23.9 Å². The van der Waals surface area contributed by atoms with Gasteiger partial charge in [0.15, 0.2) is 0 Å². The van der Waals surface area contributed by atoms with Crippen molar-refractivity contribution in [3.63, 3.8) is 0 Å². The second-order valence-electron chi connectivity index (χ2n) is 15.6. The van der Waals surface area contributed by atoms with Gasteiger partial charge in [-0.15, -0.1) is 0 Å². The van der Waals surface area contributed by atoms with Crippen LogP contribution in [0.5, 0.6) is 5.75 Å². The quantitative estimate of drug-likeness (QED) is 0.0979. The number of amides is 5. The summed E-state index contributed by atoms with van der Waals surface area (Å²) in [5.41, 5.74) is 4.94. The van der Waals surface area contributed by atoms with Gasteiger partial charge < -0.3 is 40.5 Å². The van der Waals surface area contributed by atoms with Crippen LogP contribution in [-0.2, 0) is 40.4 Å². The van der Waals surface area contributed by atoms with Crippen LogP contribution in [0.25, 0.3) is 0 Å². The van der Waals surface area contributed by atoms with Crippen LogP contribution in [0.1, 0.15) is 63.6 Å². The van der Waals surface area contributed by atoms with E-state index in [1.165, 1.54) is 7.11 Å². The molecule has 1 aromatic heterocycles. The number of hydrogen-bond donors (Lipinski definition) is 6. The molecule has 0 bridgehead atoms. The van der Waals surface area contributed by atoms with E-state index < -0.39 is 47.6 Å². The lowest BCUT2D eigenvalue weighted by atomic mass is 9.83. The number of aromatic nitrogens is 1. The second-order valence-corrected chi connectivity index (χ2v) is 15.6. The molecule has 4 rings (SSSR count). The molecule has 6 atom stereocenters. The van der Waals surface area contributed by atoms with Crippen molar-refractivity contribution in [1.82, 2.24) is 36.3 Å². The molecule has 0 radical (unpaired) electrons. The number of nitrogens with one attached hydrogen (secondary N) is 4. The number of rotatable bonds is 19. The van der Waals surface area contributed by atoms with Crippen molar-refractivity contribution in [1.29, 1.82) is 0 Å². The van der Waals surface area contributed by atoms with Crippen LogP contribution in [0.15, 0.2) is 72.8 Å². The molecule has 2 aromatic carbocycles. The lowest BCUT2D eigenvalue weighted by molar-refractivity contribution is -0.133. The summed E-state index contributed by atoms with van der Waals surface area (Å²) in [5, 5.41) is 32.0. The van der Waals surface area contributed by atoms with Gasteiger partial charge in [0.2, 0.25) is 5.91 Å². The standard InChI is InChI=1S/C42H59N7O8/c1-8-27(2)36(34-22-43-40(54)49(34)24-30-15-12-16-31(26-50)44-30)38(52)45-33(21-28-13-10-9-11-14-28)35(51)25-48(23-29-17-19-32(56-6)20-18-29)47-39(53)37(42(3,4)5)46-41(55)57-7/h9-20,27,33-37,50-51H,8,21-26H2,1-7H3,(H,43,54)(H,45,52)(H,46,55)(H,47,53). The van der Waals surface area contributed by atoms with E-state index in [-0.39, 0.29) is 57.1 Å². The fourth-order valence-corrected chi connectivity index (χ4v) is 6.97. The van der Waals surface area contributed by atoms with Crippen molar-refractivity contribution in [2.45, 2.75) is 91.4 Å². The molecule has 15 heteroatoms. The van der Waals surface area contributed by atoms with E-state index in [1.54, 1.807) is 47.4 Å². The smallest absolute Gasteiger partial charge is 0.407 e. The van der Waals surface area contributed by atoms with E-state index in [0.717, 1.165) is 11.1 Å². The van der Waals surface area contributed by atoms with E-state index >= 15 is 0 Å². The molecule has 1 saturated heterocycles. The molecule has 1 aliphatic rings. The van der Waals surface area contributed by atoms with Crippen LogP contribution in [0.3, 0.4) is 0 Å². The number of benzene rings is 2. The summed E-state index contributed by atoms with van der Waals surface area (Å²) in [7, 11) is 2.79. The third-order valence-electron chi connectivity index (χ3n) is 10.3. The van der Waals surface area contributed by atoms with E-state index in [9.17, 15) is 29.4 Å². The lowest BCUT2D eigenvalue weighted by Gasteiger charge is -2.36. The highest BCUT2D eigenvalue weighted by atomic mass is 16.5. The molecule has 5 amide bonds. The SMILES string of the molecule is CCC(C)C(C(=O)NC(Cc1ccccc1)C(O)CN(Cc1ccc(OC)cc1)NC(=O)C(NC(=O)OC)C(C)(C)C)C1CNC(=O)N1Cc1cccc(CO)n1. The van der Waals surface area contributed by atoms with Gasteiger partial charge in [-0.05, 0) is 53.1 Å². The Hall–Kier alpha value is -5.25. The Balaban J connectivity index is 1.65. The third-order valence-corrected chi connectivity index (χ3v) is 10.3. The Bertz CT molecular complexity index is 1770. The zero-order valence-corrected chi connectivity index (χ0v) is 34.0. The summed E-state index contributed by atoms with van der Waals surface area (Å²) in [4.78, 5) is 60.1. The van der Waals surface area contributed by atoms with Crippen molar-refractivity contribution in [2.75, 3.05) is 27.3 Å². The van der Waals surface area contributed by atoms with E-state index in [1.807, 2.05) is 77.1 Å². The van der Waals surface area contributed by atoms with Crippen LogP contribution in [0.2, 0.25) is 0 Å². The molecule has 0 spiro atoms. The van der Waals surface area contributed by atoms with Gasteiger partial charge in [0, 0.05) is 19.6 Å². The Morgan fingerprint density at radius 1 is 0.965 bits per heavy atom. The van der Waals surface area contributed by atoms with Crippen molar-refractivity contribution < 1.29 is 38.9 Å². The van der Waals surface area contributed by atoms with E-state index in [0.29, 0.717) is 23.6 Å². The average Bonchev–Trinajstić information content (AvgIpc) is 3.54. The predicted molar refractivity (Wildman–Crippen MR) is 214 cm³/mol. The van der Waals surface area contributed by atoms with Crippen LogP contribution in [0, 0.1) is 17.3 Å². The van der Waals surface area contributed by atoms with Gasteiger partial charge in [0.05, 0.1) is 62.9 Å². The first-order chi connectivity index (χ1) is 27.2. The van der Waals surface area contributed by atoms with Crippen molar-refractivity contribution in [3.8, 4) is 5.75 Å². The number of pyridine rings is 1. The molecular weight excluding hydrogens is 731 g/mol. The molecule has 15 nitrogen and oxygen atoms in total. The number of alkyl carbamates (subject to hydrolysis) is 1. The van der Waals surface area contributed by atoms with Gasteiger partial charge >= 0.3 is 12.1 Å². The first-order valence-electron chi connectivity index (χ1n) is 19.3. The second kappa shape index (κ2) is 20.8. The van der Waals surface area contributed by atoms with Gasteiger partial charge in [-0.2, -0.15) is 0 Å². The molecule has 1 fully saturated rings. The maximum absolute atomic E-state index is 14.6. The number of carbonyl (C=O) groups excluding carboxylic acids is 4. The molecular formula is C42H59N7O8. The summed E-state index contributed by atoms with van der Waals surface area (Å²) in [6.45, 7) is 9.59. The lowest BCUT2D eigenvalue weighted by Crippen LogP contribution is -2.59. The Morgan fingerprint density at radius 3 is 2.26 bits per heavy atom. The molecule has 57 heavy (non-hydrogen) atoms. The van der Waals surface area contributed by atoms with Gasteiger partial charge in [0.25, 0.3) is 5.91 Å². The van der Waals surface area contributed by atoms with Crippen molar-refractivity contribution in [3.05, 3.63) is 95.3 Å². The summed E-state index contributed by atoms with van der Waals surface area (Å²) in [5.74, 6) is -1.01. The molecule has 6 N–H and O–H groups in total. The molecule has 0 saturated carbocycles. The normalized spacial score (nSPS) is 16.8. The molecule has 0 aliphatic carbocycles. The Morgan fingerprint density at radius 2 is 1.65 bits per heavy atom. The zero-order chi connectivity index (χ0) is 41.7. The number of hydrazine groups is 1. The maximum Gasteiger partial charge on any atom is 0.407 e. The average molecular weight is 790 g/mol. The number of urea groups is 1. The molecule has 2 heterocycles. The highest BCUT2D eigenvalue weighted by molar-refractivity contribution is 5.86. The number of hydrogen-bond acceptors (Lipinski definition) is 10. The minimum atomic E-state index is -1.21. The molecule has 6 unspecified atom stereocenters. The molecule has 310 valence electrons. The number of carbonyl (C=O) groups is 4. The molecule has 1 aliphatic heterocycles. The van der Waals surface area contributed by atoms with Crippen LogP contribution < -0.4 is 26.1 Å². The van der Waals surface area contributed by atoms with Gasteiger partial charge in [0.1, 0.15) is 11.8 Å². The van der Waals surface area contributed by atoms with Crippen LogP contribution in [0.4, 0.5) is 9.59 Å².